The zero-order valence-corrected chi connectivity index (χ0v) is 11.9. The summed E-state index contributed by atoms with van der Waals surface area (Å²) in [5.74, 6) is 2.62. The Kier molecular flexibility index (Phi) is 3.16. The van der Waals surface area contributed by atoms with Gasteiger partial charge in [0.1, 0.15) is 5.82 Å². The molecular weight excluding hydrogens is 260 g/mol. The van der Waals surface area contributed by atoms with Crippen molar-refractivity contribution >= 4 is 11.5 Å². The highest BCUT2D eigenvalue weighted by Gasteiger charge is 2.28. The first-order valence-electron chi connectivity index (χ1n) is 6.29. The first-order chi connectivity index (χ1) is 9.20. The van der Waals surface area contributed by atoms with Crippen LogP contribution < -0.4 is 0 Å². The van der Waals surface area contributed by atoms with Crippen LogP contribution in [0.2, 0.25) is 0 Å². The summed E-state index contributed by atoms with van der Waals surface area (Å²) in [6.45, 7) is 10.6. The van der Waals surface area contributed by atoms with Crippen LogP contribution in [0, 0.1) is 6.92 Å². The average Bonchev–Trinajstić information content (AvgIpc) is 2.99. The summed E-state index contributed by atoms with van der Waals surface area (Å²) in [4.78, 5) is 6.74. The number of rotatable bonds is 3. The molecule has 3 heterocycles. The molecule has 1 aliphatic heterocycles. The molecule has 2 aromatic heterocycles. The van der Waals surface area contributed by atoms with Gasteiger partial charge in [-0.15, -0.1) is 16.8 Å². The number of aryl methyl sites for hydroxylation is 1. The van der Waals surface area contributed by atoms with Gasteiger partial charge in [0.15, 0.2) is 16.7 Å². The Morgan fingerprint density at radius 2 is 2.26 bits per heavy atom. The molecule has 2 aromatic rings. The van der Waals surface area contributed by atoms with Crippen LogP contribution in [0.3, 0.4) is 0 Å². The second-order valence-corrected chi connectivity index (χ2v) is 5.39. The summed E-state index contributed by atoms with van der Waals surface area (Å²) in [5, 5.41) is 9.47. The molecule has 0 amide bonds. The standard InChI is InChI=1S/C12H16N6S/c1-4-5-17-6-7-18-10(8(17)2)14-15-11(18)12-13-9(3)16-19-12/h4,8H,1,5-7H2,2-3H3/t8-/m1/s1. The predicted octanol–water partition coefficient (Wildman–Crippen LogP) is 1.67. The summed E-state index contributed by atoms with van der Waals surface area (Å²) in [6, 6.07) is 0.252. The highest BCUT2D eigenvalue weighted by molar-refractivity contribution is 7.09. The molecule has 0 fully saturated rings. The minimum atomic E-state index is 0.252. The second kappa shape index (κ2) is 4.82. The van der Waals surface area contributed by atoms with Gasteiger partial charge < -0.3 is 4.57 Å². The maximum Gasteiger partial charge on any atom is 0.194 e. The van der Waals surface area contributed by atoms with Gasteiger partial charge in [0, 0.05) is 19.6 Å². The van der Waals surface area contributed by atoms with Gasteiger partial charge in [-0.25, -0.2) is 4.98 Å². The van der Waals surface area contributed by atoms with Crippen LogP contribution in [0.5, 0.6) is 0 Å². The molecule has 100 valence electrons. The van der Waals surface area contributed by atoms with Gasteiger partial charge in [-0.3, -0.25) is 4.90 Å². The Bertz CT molecular complexity index is 601. The van der Waals surface area contributed by atoms with Gasteiger partial charge in [-0.1, -0.05) is 6.08 Å². The van der Waals surface area contributed by atoms with Crippen LogP contribution in [-0.2, 0) is 6.54 Å². The molecule has 3 rings (SSSR count). The Labute approximate surface area is 116 Å². The van der Waals surface area contributed by atoms with Crippen LogP contribution >= 0.6 is 11.5 Å². The molecule has 6 nitrogen and oxygen atoms in total. The van der Waals surface area contributed by atoms with Crippen LogP contribution in [0.15, 0.2) is 12.7 Å². The molecule has 1 atom stereocenters. The topological polar surface area (TPSA) is 59.7 Å². The minimum absolute atomic E-state index is 0.252. The molecule has 19 heavy (non-hydrogen) atoms. The molecule has 0 unspecified atom stereocenters. The lowest BCUT2D eigenvalue weighted by Crippen LogP contribution is -2.37. The van der Waals surface area contributed by atoms with E-state index < -0.39 is 0 Å². The van der Waals surface area contributed by atoms with E-state index in [1.165, 1.54) is 11.5 Å². The third-order valence-electron chi connectivity index (χ3n) is 3.39. The van der Waals surface area contributed by atoms with E-state index in [0.717, 1.165) is 42.1 Å². The maximum absolute atomic E-state index is 4.40. The lowest BCUT2D eigenvalue weighted by Gasteiger charge is -2.32. The van der Waals surface area contributed by atoms with E-state index in [0.29, 0.717) is 0 Å². The fraction of sp³-hybridized carbons (Fsp3) is 0.500. The van der Waals surface area contributed by atoms with Crippen molar-refractivity contribution in [2.75, 3.05) is 13.1 Å². The Morgan fingerprint density at radius 3 is 2.95 bits per heavy atom. The van der Waals surface area contributed by atoms with Gasteiger partial charge in [0.2, 0.25) is 0 Å². The number of aromatic nitrogens is 5. The Morgan fingerprint density at radius 1 is 1.42 bits per heavy atom. The molecule has 0 spiro atoms. The molecular formula is C12H16N6S. The SMILES string of the molecule is C=CCN1CCn2c(-c3nc(C)ns3)nnc2[C@H]1C. The predicted molar refractivity (Wildman–Crippen MR) is 73.8 cm³/mol. The minimum Gasteiger partial charge on any atom is -0.306 e. The average molecular weight is 276 g/mol. The number of hydrogen-bond acceptors (Lipinski definition) is 6. The zero-order chi connectivity index (χ0) is 13.4. The van der Waals surface area contributed by atoms with Gasteiger partial charge in [0.05, 0.1) is 6.04 Å². The van der Waals surface area contributed by atoms with Crippen molar-refractivity contribution in [2.45, 2.75) is 26.4 Å². The molecule has 0 bridgehead atoms. The molecule has 7 heteroatoms. The molecule has 0 aliphatic carbocycles. The normalized spacial score (nSPS) is 19.4. The van der Waals surface area contributed by atoms with E-state index in [9.17, 15) is 0 Å². The lowest BCUT2D eigenvalue weighted by atomic mass is 10.2. The van der Waals surface area contributed by atoms with Gasteiger partial charge in [0.25, 0.3) is 0 Å². The number of nitrogens with zero attached hydrogens (tertiary/aromatic N) is 6. The third kappa shape index (κ3) is 2.08. The van der Waals surface area contributed by atoms with Crippen molar-refractivity contribution in [2.24, 2.45) is 0 Å². The number of hydrogen-bond donors (Lipinski definition) is 0. The first-order valence-corrected chi connectivity index (χ1v) is 7.06. The molecule has 0 saturated heterocycles. The molecule has 0 radical (unpaired) electrons. The van der Waals surface area contributed by atoms with Crippen molar-refractivity contribution in [1.29, 1.82) is 0 Å². The van der Waals surface area contributed by atoms with E-state index in [1.54, 1.807) is 0 Å². The van der Waals surface area contributed by atoms with E-state index in [4.69, 9.17) is 0 Å². The summed E-state index contributed by atoms with van der Waals surface area (Å²) >= 11 is 1.38. The quantitative estimate of drug-likeness (QED) is 0.798. The maximum atomic E-state index is 4.40. The van der Waals surface area contributed by atoms with Crippen LogP contribution in [-0.4, -0.2) is 42.1 Å². The van der Waals surface area contributed by atoms with Gasteiger partial charge >= 0.3 is 0 Å². The Hall–Kier alpha value is -1.60. The fourth-order valence-electron chi connectivity index (χ4n) is 2.39. The summed E-state index contributed by atoms with van der Waals surface area (Å²) in [5.41, 5.74) is 0. The highest BCUT2D eigenvalue weighted by atomic mass is 32.1. The monoisotopic (exact) mass is 276 g/mol. The number of fused-ring (bicyclic) bond motifs is 1. The molecule has 1 aliphatic rings. The van der Waals surface area contributed by atoms with Crippen molar-refractivity contribution in [3.8, 4) is 10.8 Å². The van der Waals surface area contributed by atoms with E-state index in [-0.39, 0.29) is 6.04 Å². The van der Waals surface area contributed by atoms with E-state index >= 15 is 0 Å². The summed E-state index contributed by atoms with van der Waals surface area (Å²) < 4.78 is 6.37. The summed E-state index contributed by atoms with van der Waals surface area (Å²) in [7, 11) is 0. The van der Waals surface area contributed by atoms with Gasteiger partial charge in [-0.05, 0) is 25.4 Å². The molecule has 0 saturated carbocycles. The second-order valence-electron chi connectivity index (χ2n) is 4.64. The largest absolute Gasteiger partial charge is 0.306 e. The summed E-state index contributed by atoms with van der Waals surface area (Å²) in [6.07, 6.45) is 1.93. The van der Waals surface area contributed by atoms with Crippen LogP contribution in [0.25, 0.3) is 10.8 Å². The Balaban J connectivity index is 1.96. The first kappa shape index (κ1) is 12.4. The third-order valence-corrected chi connectivity index (χ3v) is 4.20. The van der Waals surface area contributed by atoms with Crippen LogP contribution in [0.4, 0.5) is 0 Å². The van der Waals surface area contributed by atoms with Crippen molar-refractivity contribution in [1.82, 2.24) is 29.0 Å². The fourth-order valence-corrected chi connectivity index (χ4v) is 3.06. The lowest BCUT2D eigenvalue weighted by molar-refractivity contribution is 0.184. The van der Waals surface area contributed by atoms with Crippen LogP contribution in [0.1, 0.15) is 24.6 Å². The molecule has 0 aromatic carbocycles. The van der Waals surface area contributed by atoms with Gasteiger partial charge in [-0.2, -0.15) is 4.37 Å². The van der Waals surface area contributed by atoms with Crippen molar-refractivity contribution < 1.29 is 0 Å². The van der Waals surface area contributed by atoms with E-state index in [2.05, 4.69) is 42.5 Å². The zero-order valence-electron chi connectivity index (χ0n) is 11.1. The molecule has 0 N–H and O–H groups in total. The smallest absolute Gasteiger partial charge is 0.194 e. The van der Waals surface area contributed by atoms with E-state index in [1.807, 2.05) is 13.0 Å². The van der Waals surface area contributed by atoms with Crippen molar-refractivity contribution in [3.05, 3.63) is 24.3 Å². The van der Waals surface area contributed by atoms with Crippen molar-refractivity contribution in [3.63, 3.8) is 0 Å². The highest BCUT2D eigenvalue weighted by Crippen LogP contribution is 2.28.